The van der Waals surface area contributed by atoms with Gasteiger partial charge in [-0.1, -0.05) is 0 Å². The van der Waals surface area contributed by atoms with Crippen LogP contribution >= 0.6 is 0 Å². The molecule has 0 atom stereocenters. The molecule has 0 saturated heterocycles. The van der Waals surface area contributed by atoms with Gasteiger partial charge in [-0.2, -0.15) is 4.52 Å². The Hall–Kier alpha value is -2.90. The van der Waals surface area contributed by atoms with Gasteiger partial charge in [0.2, 0.25) is 5.76 Å². The predicted octanol–water partition coefficient (Wildman–Crippen LogP) is 1.03. The van der Waals surface area contributed by atoms with Crippen LogP contribution in [0.25, 0.3) is 5.78 Å². The molecule has 0 bridgehead atoms. The Morgan fingerprint density at radius 3 is 2.95 bits per heavy atom. The van der Waals surface area contributed by atoms with Crippen molar-refractivity contribution < 1.29 is 13.9 Å². The summed E-state index contributed by atoms with van der Waals surface area (Å²) in [5.41, 5.74) is 0.803. The first-order valence-electron chi connectivity index (χ1n) is 6.71. The molecule has 0 radical (unpaired) electrons. The fourth-order valence-electron chi connectivity index (χ4n) is 2.14. The molecular formula is C14H14N4O4. The maximum atomic E-state index is 12.3. The van der Waals surface area contributed by atoms with E-state index in [9.17, 15) is 9.59 Å². The second-order valence-corrected chi connectivity index (χ2v) is 4.80. The van der Waals surface area contributed by atoms with Crippen molar-refractivity contribution in [1.29, 1.82) is 0 Å². The van der Waals surface area contributed by atoms with Crippen LogP contribution in [0.2, 0.25) is 0 Å². The van der Waals surface area contributed by atoms with Crippen LogP contribution in [-0.2, 0) is 11.2 Å². The minimum atomic E-state index is -0.554. The molecule has 3 aromatic heterocycles. The number of H-pyrrole nitrogens is 1. The van der Waals surface area contributed by atoms with E-state index in [2.05, 4.69) is 15.1 Å². The first-order chi connectivity index (χ1) is 10.6. The zero-order valence-electron chi connectivity index (χ0n) is 12.1. The van der Waals surface area contributed by atoms with Gasteiger partial charge in [0.1, 0.15) is 12.1 Å². The van der Waals surface area contributed by atoms with Crippen LogP contribution in [0.15, 0.2) is 27.7 Å². The molecule has 0 spiro atoms. The molecule has 0 fully saturated rings. The monoisotopic (exact) mass is 302 g/mol. The molecule has 8 nitrogen and oxygen atoms in total. The third-order valence-electron chi connectivity index (χ3n) is 3.26. The van der Waals surface area contributed by atoms with Gasteiger partial charge in [0.25, 0.3) is 11.3 Å². The smallest absolute Gasteiger partial charge is 0.374 e. The highest BCUT2D eigenvalue weighted by Gasteiger charge is 2.14. The molecule has 0 saturated carbocycles. The zero-order chi connectivity index (χ0) is 15.7. The van der Waals surface area contributed by atoms with Crippen molar-refractivity contribution in [2.45, 2.75) is 20.3 Å². The highest BCUT2D eigenvalue weighted by molar-refractivity contribution is 5.86. The van der Waals surface area contributed by atoms with Gasteiger partial charge in [-0.25, -0.2) is 14.8 Å². The number of aromatic nitrogens is 4. The fraction of sp³-hybridized carbons (Fsp3) is 0.286. The lowest BCUT2D eigenvalue weighted by Gasteiger charge is -2.05. The number of rotatable bonds is 4. The molecule has 8 heteroatoms. The summed E-state index contributed by atoms with van der Waals surface area (Å²) in [6.45, 7) is 3.53. The predicted molar refractivity (Wildman–Crippen MR) is 75.8 cm³/mol. The van der Waals surface area contributed by atoms with E-state index in [1.54, 1.807) is 26.0 Å². The van der Waals surface area contributed by atoms with Crippen molar-refractivity contribution in [3.05, 3.63) is 51.6 Å². The third kappa shape index (κ3) is 2.50. The van der Waals surface area contributed by atoms with Gasteiger partial charge in [0.05, 0.1) is 12.3 Å². The van der Waals surface area contributed by atoms with Crippen LogP contribution in [-0.4, -0.2) is 32.2 Å². The lowest BCUT2D eigenvalue weighted by Crippen LogP contribution is -2.23. The number of ether oxygens (including phenoxy) is 1. The average Bonchev–Trinajstić information content (AvgIpc) is 3.11. The first kappa shape index (κ1) is 14.1. The first-order valence-corrected chi connectivity index (χ1v) is 6.71. The number of esters is 1. The highest BCUT2D eigenvalue weighted by atomic mass is 16.5. The Morgan fingerprint density at radius 1 is 1.41 bits per heavy atom. The average molecular weight is 302 g/mol. The Morgan fingerprint density at radius 2 is 2.23 bits per heavy atom. The van der Waals surface area contributed by atoms with Crippen LogP contribution in [0, 0.1) is 13.8 Å². The number of aromatic amines is 1. The molecule has 0 aliphatic heterocycles. The molecule has 0 aromatic carbocycles. The van der Waals surface area contributed by atoms with E-state index >= 15 is 0 Å². The standard InChI is InChI=1S/C14H14N4O4/c1-8-3-4-11(22-8)13(20)21-6-5-10-9(2)17-14-15-7-16-18(14)12(10)19/h3-4,7H,5-6H2,1-2H3,(H,15,16,17). The lowest BCUT2D eigenvalue weighted by molar-refractivity contribution is 0.0471. The second-order valence-electron chi connectivity index (χ2n) is 4.80. The number of fused-ring (bicyclic) bond motifs is 1. The van der Waals surface area contributed by atoms with Gasteiger partial charge in [-0.3, -0.25) is 9.89 Å². The molecule has 22 heavy (non-hydrogen) atoms. The van der Waals surface area contributed by atoms with Crippen LogP contribution in [0.5, 0.6) is 0 Å². The zero-order valence-corrected chi connectivity index (χ0v) is 12.1. The lowest BCUT2D eigenvalue weighted by atomic mass is 10.2. The maximum absolute atomic E-state index is 12.3. The van der Waals surface area contributed by atoms with Crippen molar-refractivity contribution in [1.82, 2.24) is 19.6 Å². The molecule has 0 aliphatic carbocycles. The van der Waals surface area contributed by atoms with Crippen LogP contribution in [0.3, 0.4) is 0 Å². The van der Waals surface area contributed by atoms with Gasteiger partial charge in [0, 0.05) is 12.0 Å². The van der Waals surface area contributed by atoms with Crippen LogP contribution in [0.4, 0.5) is 0 Å². The van der Waals surface area contributed by atoms with E-state index in [1.807, 2.05) is 0 Å². The topological polar surface area (TPSA) is 102 Å². The van der Waals surface area contributed by atoms with Gasteiger partial charge in [0.15, 0.2) is 0 Å². The summed E-state index contributed by atoms with van der Waals surface area (Å²) in [5.74, 6) is 0.541. The SMILES string of the molecule is Cc1ccc(C(=O)OCCc2c(C)nc3nc[nH]n3c2=O)o1. The van der Waals surface area contributed by atoms with Crippen molar-refractivity contribution in [3.63, 3.8) is 0 Å². The molecule has 3 aromatic rings. The van der Waals surface area contributed by atoms with Crippen molar-refractivity contribution in [3.8, 4) is 0 Å². The van der Waals surface area contributed by atoms with Crippen molar-refractivity contribution in [2.75, 3.05) is 6.61 Å². The summed E-state index contributed by atoms with van der Waals surface area (Å²) in [4.78, 5) is 32.2. The number of nitrogens with zero attached hydrogens (tertiary/aromatic N) is 3. The molecule has 0 unspecified atom stereocenters. The van der Waals surface area contributed by atoms with E-state index in [1.165, 1.54) is 10.8 Å². The highest BCUT2D eigenvalue weighted by Crippen LogP contribution is 2.08. The summed E-state index contributed by atoms with van der Waals surface area (Å²) in [5, 5.41) is 2.69. The second kappa shape index (κ2) is 5.47. The Balaban J connectivity index is 1.71. The Kier molecular flexibility index (Phi) is 3.50. The van der Waals surface area contributed by atoms with Gasteiger partial charge in [-0.05, 0) is 26.0 Å². The molecule has 114 valence electrons. The minimum Gasteiger partial charge on any atom is -0.459 e. The van der Waals surface area contributed by atoms with E-state index in [4.69, 9.17) is 9.15 Å². The molecular weight excluding hydrogens is 288 g/mol. The molecule has 3 rings (SSSR count). The number of hydrogen-bond donors (Lipinski definition) is 1. The molecule has 0 amide bonds. The molecule has 3 heterocycles. The summed E-state index contributed by atoms with van der Waals surface area (Å²) in [6.07, 6.45) is 1.66. The summed E-state index contributed by atoms with van der Waals surface area (Å²) < 4.78 is 11.5. The number of carbonyl (C=O) groups excluding carboxylic acids is 1. The van der Waals surface area contributed by atoms with Gasteiger partial charge in [-0.15, -0.1) is 0 Å². The molecule has 1 N–H and O–H groups in total. The summed E-state index contributed by atoms with van der Waals surface area (Å²) in [6, 6.07) is 3.24. The fourth-order valence-corrected chi connectivity index (χ4v) is 2.14. The van der Waals surface area contributed by atoms with E-state index in [0.29, 0.717) is 22.8 Å². The number of furan rings is 1. The van der Waals surface area contributed by atoms with Crippen molar-refractivity contribution >= 4 is 11.7 Å². The normalized spacial score (nSPS) is 11.0. The van der Waals surface area contributed by atoms with Gasteiger partial charge >= 0.3 is 5.97 Å². The largest absolute Gasteiger partial charge is 0.459 e. The molecule has 0 aliphatic rings. The number of carbonyl (C=O) groups is 1. The number of hydrogen-bond acceptors (Lipinski definition) is 6. The van der Waals surface area contributed by atoms with E-state index < -0.39 is 5.97 Å². The van der Waals surface area contributed by atoms with Crippen molar-refractivity contribution in [2.24, 2.45) is 0 Å². The number of nitrogens with one attached hydrogen (secondary N) is 1. The van der Waals surface area contributed by atoms with Crippen LogP contribution in [0.1, 0.15) is 27.6 Å². The summed E-state index contributed by atoms with van der Waals surface area (Å²) >= 11 is 0. The quantitative estimate of drug-likeness (QED) is 0.722. The minimum absolute atomic E-state index is 0.0660. The van der Waals surface area contributed by atoms with Gasteiger partial charge < -0.3 is 9.15 Å². The summed E-state index contributed by atoms with van der Waals surface area (Å²) in [7, 11) is 0. The Labute approximate surface area is 124 Å². The van der Waals surface area contributed by atoms with E-state index in [-0.39, 0.29) is 24.3 Å². The van der Waals surface area contributed by atoms with Crippen LogP contribution < -0.4 is 5.56 Å². The third-order valence-corrected chi connectivity index (χ3v) is 3.26. The number of aryl methyl sites for hydroxylation is 2. The Bertz CT molecular complexity index is 890. The maximum Gasteiger partial charge on any atom is 0.374 e. The van der Waals surface area contributed by atoms with E-state index in [0.717, 1.165) is 0 Å².